The molecule has 0 N–H and O–H groups in total. The zero-order valence-corrected chi connectivity index (χ0v) is 24.0. The summed E-state index contributed by atoms with van der Waals surface area (Å²) < 4.78 is 5.95. The van der Waals surface area contributed by atoms with Crippen LogP contribution in [0, 0.1) is 11.3 Å². The van der Waals surface area contributed by atoms with Crippen LogP contribution >= 0.6 is 0 Å². The topological polar surface area (TPSA) is 69.5 Å². The third-order valence-corrected chi connectivity index (χ3v) is 8.09. The number of piperazine rings is 1. The van der Waals surface area contributed by atoms with Gasteiger partial charge in [-0.3, -0.25) is 9.78 Å². The summed E-state index contributed by atoms with van der Waals surface area (Å²) in [6.45, 7) is 5.77. The molecule has 208 valence electrons. The number of hydrogen-bond donors (Lipinski definition) is 0. The first-order valence-corrected chi connectivity index (χ1v) is 14.2. The highest BCUT2D eigenvalue weighted by molar-refractivity contribution is 6.00. The number of aromatic nitrogens is 1. The zero-order chi connectivity index (χ0) is 29.2. The highest BCUT2D eigenvalue weighted by atomic mass is 16.5. The number of nitriles is 1. The number of benzene rings is 4. The highest BCUT2D eigenvalue weighted by Gasteiger charge is 2.33. The Balaban J connectivity index is 1.26. The summed E-state index contributed by atoms with van der Waals surface area (Å²) in [5, 5.41) is 10.1. The van der Waals surface area contributed by atoms with Crippen molar-refractivity contribution in [2.24, 2.45) is 0 Å². The Hall–Kier alpha value is -5.15. The van der Waals surface area contributed by atoms with Crippen LogP contribution in [0.5, 0.6) is 5.75 Å². The van der Waals surface area contributed by atoms with E-state index >= 15 is 0 Å². The second-order valence-electron chi connectivity index (χ2n) is 10.8. The summed E-state index contributed by atoms with van der Waals surface area (Å²) in [7, 11) is 1.69. The van der Waals surface area contributed by atoms with Crippen LogP contribution in [0.3, 0.4) is 0 Å². The Morgan fingerprint density at radius 1 is 0.833 bits per heavy atom. The molecule has 6 rings (SSSR count). The molecule has 1 fully saturated rings. The van der Waals surface area contributed by atoms with Crippen molar-refractivity contribution in [1.82, 2.24) is 9.88 Å². The van der Waals surface area contributed by atoms with Gasteiger partial charge in [0.2, 0.25) is 0 Å². The van der Waals surface area contributed by atoms with Crippen molar-refractivity contribution >= 4 is 22.5 Å². The number of carbonyl (C=O) groups excluding carboxylic acids is 1. The number of amides is 1. The van der Waals surface area contributed by atoms with Crippen LogP contribution in [-0.4, -0.2) is 48.1 Å². The molecule has 42 heavy (non-hydrogen) atoms. The van der Waals surface area contributed by atoms with Gasteiger partial charge in [-0.25, -0.2) is 0 Å². The van der Waals surface area contributed by atoms with E-state index in [1.807, 2.05) is 83.9 Å². The van der Waals surface area contributed by atoms with Gasteiger partial charge in [-0.1, -0.05) is 54.6 Å². The van der Waals surface area contributed by atoms with Gasteiger partial charge in [0.1, 0.15) is 5.75 Å². The van der Waals surface area contributed by atoms with Crippen molar-refractivity contribution in [1.29, 1.82) is 5.26 Å². The van der Waals surface area contributed by atoms with E-state index in [1.165, 1.54) is 0 Å². The van der Waals surface area contributed by atoms with Gasteiger partial charge in [0, 0.05) is 59.1 Å². The predicted octanol–water partition coefficient (Wildman–Crippen LogP) is 7.19. The average Bonchev–Trinajstić information content (AvgIpc) is 3.04. The molecule has 1 aromatic heterocycles. The quantitative estimate of drug-likeness (QED) is 0.231. The predicted molar refractivity (Wildman–Crippen MR) is 168 cm³/mol. The minimum absolute atomic E-state index is 0.0798. The zero-order valence-electron chi connectivity index (χ0n) is 24.0. The lowest BCUT2D eigenvalue weighted by molar-refractivity contribution is 0.0574. The fourth-order valence-corrected chi connectivity index (χ4v) is 6.10. The van der Waals surface area contributed by atoms with Gasteiger partial charge in [-0.15, -0.1) is 0 Å². The maximum absolute atomic E-state index is 13.2. The molecule has 0 bridgehead atoms. The molecule has 0 aliphatic carbocycles. The molecule has 6 nitrogen and oxygen atoms in total. The molecule has 4 aromatic carbocycles. The Bertz CT molecular complexity index is 1760. The Morgan fingerprint density at radius 2 is 1.48 bits per heavy atom. The molecule has 1 amide bonds. The molecular weight excluding hydrogens is 520 g/mol. The Kier molecular flexibility index (Phi) is 7.33. The molecule has 6 heteroatoms. The van der Waals surface area contributed by atoms with Crippen LogP contribution < -0.4 is 9.64 Å². The maximum atomic E-state index is 13.2. The maximum Gasteiger partial charge on any atom is 0.254 e. The molecule has 1 saturated heterocycles. The van der Waals surface area contributed by atoms with Crippen molar-refractivity contribution in [2.45, 2.75) is 25.9 Å². The van der Waals surface area contributed by atoms with E-state index in [-0.39, 0.29) is 18.0 Å². The summed E-state index contributed by atoms with van der Waals surface area (Å²) in [5.74, 6) is 0.863. The number of rotatable bonds is 5. The second-order valence-corrected chi connectivity index (χ2v) is 10.8. The van der Waals surface area contributed by atoms with E-state index in [0.29, 0.717) is 5.56 Å². The smallest absolute Gasteiger partial charge is 0.254 e. The molecule has 0 unspecified atom stereocenters. The monoisotopic (exact) mass is 552 g/mol. The summed E-state index contributed by atoms with van der Waals surface area (Å²) in [6.07, 6.45) is 1.88. The number of methoxy groups -OCH3 is 1. The molecule has 1 aliphatic rings. The first-order chi connectivity index (χ1) is 20.5. The van der Waals surface area contributed by atoms with Crippen molar-refractivity contribution in [3.05, 3.63) is 114 Å². The van der Waals surface area contributed by atoms with Crippen LogP contribution in [0.2, 0.25) is 0 Å². The van der Waals surface area contributed by atoms with Gasteiger partial charge in [0.25, 0.3) is 5.91 Å². The summed E-state index contributed by atoms with van der Waals surface area (Å²) in [5.41, 5.74) is 7.27. The van der Waals surface area contributed by atoms with Gasteiger partial charge >= 0.3 is 0 Å². The van der Waals surface area contributed by atoms with Crippen LogP contribution in [0.25, 0.3) is 33.2 Å². The molecule has 0 spiro atoms. The van der Waals surface area contributed by atoms with Crippen molar-refractivity contribution < 1.29 is 9.53 Å². The third kappa shape index (κ3) is 4.95. The van der Waals surface area contributed by atoms with Gasteiger partial charge in [0.15, 0.2) is 0 Å². The Labute approximate surface area is 246 Å². The lowest BCUT2D eigenvalue weighted by Gasteiger charge is -2.45. The first-order valence-electron chi connectivity index (χ1n) is 14.2. The number of anilines is 1. The van der Waals surface area contributed by atoms with Crippen LogP contribution in [0.15, 0.2) is 103 Å². The minimum atomic E-state index is 0.0798. The number of pyridine rings is 1. The minimum Gasteiger partial charge on any atom is -0.495 e. The fourth-order valence-electron chi connectivity index (χ4n) is 6.10. The van der Waals surface area contributed by atoms with Crippen molar-refractivity contribution in [2.75, 3.05) is 25.1 Å². The molecule has 0 saturated carbocycles. The summed E-state index contributed by atoms with van der Waals surface area (Å²) in [6, 6.07) is 34.0. The lowest BCUT2D eigenvalue weighted by Crippen LogP contribution is -2.58. The number of para-hydroxylation sites is 1. The number of carbonyl (C=O) groups is 1. The van der Waals surface area contributed by atoms with Crippen LogP contribution in [0.4, 0.5) is 5.69 Å². The number of hydrogen-bond acceptors (Lipinski definition) is 5. The van der Waals surface area contributed by atoms with E-state index in [4.69, 9.17) is 15.0 Å². The van der Waals surface area contributed by atoms with Gasteiger partial charge in [-0.05, 0) is 67.4 Å². The Morgan fingerprint density at radius 3 is 2.12 bits per heavy atom. The SMILES string of the molecule is COc1c(-c2ccc(N3C[C@@H](C)N(C(=O)c4ccccc4)[C@@H](C)C3)cc2)cnc2c(-c3ccc(C#N)cc3)cccc12. The van der Waals surface area contributed by atoms with E-state index in [9.17, 15) is 4.79 Å². The van der Waals surface area contributed by atoms with E-state index in [0.717, 1.165) is 63.2 Å². The normalized spacial score (nSPS) is 16.7. The van der Waals surface area contributed by atoms with Crippen molar-refractivity contribution in [3.8, 4) is 34.1 Å². The van der Waals surface area contributed by atoms with Crippen LogP contribution in [-0.2, 0) is 0 Å². The summed E-state index contributed by atoms with van der Waals surface area (Å²) in [4.78, 5) is 22.5. The second kappa shape index (κ2) is 11.4. The third-order valence-electron chi connectivity index (χ3n) is 8.09. The molecule has 0 radical (unpaired) electrons. The lowest BCUT2D eigenvalue weighted by atomic mass is 9.97. The number of nitrogens with zero attached hydrogens (tertiary/aromatic N) is 4. The molecule has 5 aromatic rings. The fraction of sp³-hybridized carbons (Fsp3) is 0.194. The first kappa shape index (κ1) is 27.0. The molecule has 2 atom stereocenters. The molecular formula is C36H32N4O2. The standard InChI is InChI=1S/C36H32N4O2/c1-24-22-39(23-25(2)40(24)36(41)29-8-5-4-6-9-29)30-18-16-28(17-19-30)33-21-38-34-31(10-7-11-32(34)35(33)42-3)27-14-12-26(20-37)13-15-27/h4-19,21,24-25H,22-23H2,1-3H3/t24-,25+. The molecule has 2 heterocycles. The largest absolute Gasteiger partial charge is 0.495 e. The summed E-state index contributed by atoms with van der Waals surface area (Å²) >= 11 is 0. The van der Waals surface area contributed by atoms with Crippen molar-refractivity contribution in [3.63, 3.8) is 0 Å². The van der Waals surface area contributed by atoms with E-state index in [2.05, 4.69) is 49.1 Å². The van der Waals surface area contributed by atoms with Gasteiger partial charge in [-0.2, -0.15) is 5.26 Å². The van der Waals surface area contributed by atoms with Gasteiger partial charge in [0.05, 0.1) is 24.3 Å². The highest BCUT2D eigenvalue weighted by Crippen LogP contribution is 2.39. The van der Waals surface area contributed by atoms with Gasteiger partial charge < -0.3 is 14.5 Å². The van der Waals surface area contributed by atoms with E-state index in [1.54, 1.807) is 7.11 Å². The average molecular weight is 553 g/mol. The molecule has 1 aliphatic heterocycles. The van der Waals surface area contributed by atoms with Crippen LogP contribution in [0.1, 0.15) is 29.8 Å². The number of ether oxygens (including phenoxy) is 1. The van der Waals surface area contributed by atoms with E-state index < -0.39 is 0 Å². The number of fused-ring (bicyclic) bond motifs is 1.